The van der Waals surface area contributed by atoms with Crippen LogP contribution < -0.4 is 15.8 Å². The van der Waals surface area contributed by atoms with Gasteiger partial charge < -0.3 is 10.6 Å². The molecule has 3 aromatic rings. The van der Waals surface area contributed by atoms with Gasteiger partial charge in [0.2, 0.25) is 10.0 Å². The number of hydrogen-bond acceptors (Lipinski definition) is 6. The second-order valence-electron chi connectivity index (χ2n) is 6.43. The van der Waals surface area contributed by atoms with Crippen LogP contribution in [-0.4, -0.2) is 24.9 Å². The number of aromatic nitrogens is 2. The lowest BCUT2D eigenvalue weighted by Crippen LogP contribution is -2.12. The van der Waals surface area contributed by atoms with Crippen LogP contribution in [0.5, 0.6) is 0 Å². The van der Waals surface area contributed by atoms with Crippen LogP contribution in [0.1, 0.15) is 16.7 Å². The smallest absolute Gasteiger partial charge is 0.238 e. The van der Waals surface area contributed by atoms with Crippen LogP contribution in [0.2, 0.25) is 0 Å². The summed E-state index contributed by atoms with van der Waals surface area (Å²) in [6.45, 7) is 3.43. The molecule has 0 saturated heterocycles. The average molecular weight is 398 g/mol. The number of benzene rings is 2. The fraction of sp³-hybridized carbons (Fsp3) is 0.200. The maximum absolute atomic E-state index is 11.3. The van der Waals surface area contributed by atoms with E-state index in [1.54, 1.807) is 12.1 Å². The SMILES string of the molecule is Cc1ccccc1CNc1cc(NCCc2ccc(S(N)(=O)=O)cc2)ncn1. The van der Waals surface area contributed by atoms with Gasteiger partial charge >= 0.3 is 0 Å². The van der Waals surface area contributed by atoms with Crippen molar-refractivity contribution in [2.45, 2.75) is 24.8 Å². The summed E-state index contributed by atoms with van der Waals surface area (Å²) in [4.78, 5) is 8.60. The topological polar surface area (TPSA) is 110 Å². The van der Waals surface area contributed by atoms with Gasteiger partial charge in [-0.15, -0.1) is 0 Å². The van der Waals surface area contributed by atoms with Gasteiger partial charge in [0.15, 0.2) is 0 Å². The van der Waals surface area contributed by atoms with Crippen LogP contribution in [0, 0.1) is 6.92 Å². The number of hydrogen-bond donors (Lipinski definition) is 3. The molecule has 0 bridgehead atoms. The molecule has 0 atom stereocenters. The van der Waals surface area contributed by atoms with Gasteiger partial charge in [0.05, 0.1) is 4.90 Å². The number of nitrogens with one attached hydrogen (secondary N) is 2. The van der Waals surface area contributed by atoms with Crippen molar-refractivity contribution in [2.75, 3.05) is 17.2 Å². The summed E-state index contributed by atoms with van der Waals surface area (Å²) in [6.07, 6.45) is 2.24. The second-order valence-corrected chi connectivity index (χ2v) is 8.00. The molecule has 0 saturated carbocycles. The molecule has 0 radical (unpaired) electrons. The molecule has 0 amide bonds. The van der Waals surface area contributed by atoms with E-state index in [2.05, 4.69) is 39.7 Å². The third-order valence-electron chi connectivity index (χ3n) is 4.36. The van der Waals surface area contributed by atoms with Crippen LogP contribution >= 0.6 is 0 Å². The van der Waals surface area contributed by atoms with Crippen molar-refractivity contribution in [3.8, 4) is 0 Å². The predicted molar refractivity (Wildman–Crippen MR) is 111 cm³/mol. The lowest BCUT2D eigenvalue weighted by molar-refractivity contribution is 0.598. The highest BCUT2D eigenvalue weighted by molar-refractivity contribution is 7.89. The Morgan fingerprint density at radius 2 is 1.64 bits per heavy atom. The van der Waals surface area contributed by atoms with E-state index in [0.29, 0.717) is 13.1 Å². The van der Waals surface area contributed by atoms with Crippen LogP contribution in [0.4, 0.5) is 11.6 Å². The first kappa shape index (κ1) is 19.8. The van der Waals surface area contributed by atoms with E-state index in [9.17, 15) is 8.42 Å². The molecular formula is C20H23N5O2S. The number of nitrogens with two attached hydrogens (primary N) is 1. The van der Waals surface area contributed by atoms with Gasteiger partial charge in [-0.1, -0.05) is 36.4 Å². The van der Waals surface area contributed by atoms with Crippen molar-refractivity contribution in [2.24, 2.45) is 5.14 Å². The molecule has 0 aliphatic rings. The molecule has 1 heterocycles. The van der Waals surface area contributed by atoms with E-state index in [0.717, 1.165) is 23.6 Å². The van der Waals surface area contributed by atoms with Crippen LogP contribution in [-0.2, 0) is 23.0 Å². The molecule has 0 fully saturated rings. The molecule has 0 aliphatic heterocycles. The van der Waals surface area contributed by atoms with E-state index in [4.69, 9.17) is 5.14 Å². The molecule has 146 valence electrons. The molecule has 8 heteroatoms. The number of aryl methyl sites for hydroxylation is 1. The molecule has 1 aromatic heterocycles. The Kier molecular flexibility index (Phi) is 6.23. The number of anilines is 2. The standard InChI is InChI=1S/C20H23N5O2S/c1-15-4-2-3-5-17(15)13-23-20-12-19(24-14-25-20)22-11-10-16-6-8-18(9-7-16)28(21,26)27/h2-9,12,14H,10-11,13H2,1H3,(H2,21,26,27)(H2,22,23,24,25). The van der Waals surface area contributed by atoms with Crippen molar-refractivity contribution in [1.82, 2.24) is 9.97 Å². The van der Waals surface area contributed by atoms with Crippen molar-refractivity contribution < 1.29 is 8.42 Å². The van der Waals surface area contributed by atoms with Crippen molar-refractivity contribution in [3.63, 3.8) is 0 Å². The van der Waals surface area contributed by atoms with Gasteiger partial charge in [0.1, 0.15) is 18.0 Å². The highest BCUT2D eigenvalue weighted by Gasteiger charge is 2.06. The minimum Gasteiger partial charge on any atom is -0.370 e. The lowest BCUT2D eigenvalue weighted by atomic mass is 10.1. The zero-order valence-corrected chi connectivity index (χ0v) is 16.4. The first-order valence-electron chi connectivity index (χ1n) is 8.88. The quantitative estimate of drug-likeness (QED) is 0.539. The lowest BCUT2D eigenvalue weighted by Gasteiger charge is -2.10. The van der Waals surface area contributed by atoms with Gasteiger partial charge in [-0.25, -0.2) is 23.5 Å². The van der Waals surface area contributed by atoms with Crippen molar-refractivity contribution >= 4 is 21.7 Å². The van der Waals surface area contributed by atoms with Crippen LogP contribution in [0.3, 0.4) is 0 Å². The third kappa shape index (κ3) is 5.51. The minimum atomic E-state index is -3.66. The van der Waals surface area contributed by atoms with Crippen LogP contribution in [0.15, 0.2) is 65.8 Å². The normalized spacial score (nSPS) is 11.2. The third-order valence-corrected chi connectivity index (χ3v) is 5.29. The monoisotopic (exact) mass is 397 g/mol. The van der Waals surface area contributed by atoms with Crippen molar-refractivity contribution in [1.29, 1.82) is 0 Å². The number of primary sulfonamides is 1. The fourth-order valence-electron chi connectivity index (χ4n) is 2.73. The average Bonchev–Trinajstić information content (AvgIpc) is 2.67. The Bertz CT molecular complexity index is 1040. The summed E-state index contributed by atoms with van der Waals surface area (Å²) in [5, 5.41) is 11.7. The molecule has 7 nitrogen and oxygen atoms in total. The van der Waals surface area contributed by atoms with E-state index in [-0.39, 0.29) is 4.90 Å². The zero-order valence-electron chi connectivity index (χ0n) is 15.6. The summed E-state index contributed by atoms with van der Waals surface area (Å²) in [5.41, 5.74) is 3.46. The van der Waals surface area contributed by atoms with E-state index in [1.165, 1.54) is 29.6 Å². The Balaban J connectivity index is 1.52. The number of rotatable bonds is 8. The number of sulfonamides is 1. The first-order valence-corrected chi connectivity index (χ1v) is 10.4. The predicted octanol–water partition coefficient (Wildman–Crippen LogP) is 2.70. The van der Waals surface area contributed by atoms with Gasteiger partial charge in [0, 0.05) is 19.2 Å². The molecule has 2 aromatic carbocycles. The highest BCUT2D eigenvalue weighted by atomic mass is 32.2. The summed E-state index contributed by atoms with van der Waals surface area (Å²) in [5.74, 6) is 1.47. The molecule has 0 unspecified atom stereocenters. The number of nitrogens with zero attached hydrogens (tertiary/aromatic N) is 2. The fourth-order valence-corrected chi connectivity index (χ4v) is 3.24. The summed E-state index contributed by atoms with van der Waals surface area (Å²) in [7, 11) is -3.66. The molecule has 28 heavy (non-hydrogen) atoms. The molecule has 4 N–H and O–H groups in total. The minimum absolute atomic E-state index is 0.115. The molecular weight excluding hydrogens is 374 g/mol. The second kappa shape index (κ2) is 8.81. The first-order chi connectivity index (χ1) is 13.4. The Hall–Kier alpha value is -2.97. The summed E-state index contributed by atoms with van der Waals surface area (Å²) in [6, 6.07) is 16.6. The molecule has 3 rings (SSSR count). The molecule has 0 aliphatic carbocycles. The Morgan fingerprint density at radius 3 is 2.32 bits per heavy atom. The van der Waals surface area contributed by atoms with Gasteiger partial charge in [-0.2, -0.15) is 0 Å². The van der Waals surface area contributed by atoms with Crippen molar-refractivity contribution in [3.05, 3.63) is 77.6 Å². The summed E-state index contributed by atoms with van der Waals surface area (Å²) < 4.78 is 22.6. The van der Waals surface area contributed by atoms with Gasteiger partial charge in [-0.3, -0.25) is 0 Å². The zero-order chi connectivity index (χ0) is 20.0. The van der Waals surface area contributed by atoms with E-state index in [1.807, 2.05) is 18.2 Å². The van der Waals surface area contributed by atoms with E-state index < -0.39 is 10.0 Å². The molecule has 0 spiro atoms. The van der Waals surface area contributed by atoms with Gasteiger partial charge in [0.25, 0.3) is 0 Å². The summed E-state index contributed by atoms with van der Waals surface area (Å²) >= 11 is 0. The Morgan fingerprint density at radius 1 is 0.964 bits per heavy atom. The van der Waals surface area contributed by atoms with Crippen LogP contribution in [0.25, 0.3) is 0 Å². The maximum atomic E-state index is 11.3. The maximum Gasteiger partial charge on any atom is 0.238 e. The largest absolute Gasteiger partial charge is 0.370 e. The van der Waals surface area contributed by atoms with Gasteiger partial charge in [-0.05, 0) is 42.2 Å². The highest BCUT2D eigenvalue weighted by Crippen LogP contribution is 2.13. The van der Waals surface area contributed by atoms with E-state index >= 15 is 0 Å². The Labute approximate surface area is 165 Å².